The fourth-order valence-corrected chi connectivity index (χ4v) is 5.98. The quantitative estimate of drug-likeness (QED) is 0.258. The Hall–Kier alpha value is -2.54. The Labute approximate surface area is 220 Å². The van der Waals surface area contributed by atoms with Gasteiger partial charge in [0.15, 0.2) is 5.75 Å². The lowest BCUT2D eigenvalue weighted by Crippen LogP contribution is -2.30. The number of phenols is 1. The van der Waals surface area contributed by atoms with E-state index in [9.17, 15) is 13.5 Å². The molecule has 0 aromatic heterocycles. The van der Waals surface area contributed by atoms with Crippen LogP contribution in [0.25, 0.3) is 11.1 Å². The van der Waals surface area contributed by atoms with Crippen LogP contribution in [0.2, 0.25) is 15.1 Å². The average Bonchev–Trinajstić information content (AvgIpc) is 2.83. The summed E-state index contributed by atoms with van der Waals surface area (Å²) in [4.78, 5) is -0.337. The topological polar surface area (TPSA) is 57.6 Å². The van der Waals surface area contributed by atoms with Gasteiger partial charge in [0.25, 0.3) is 0 Å². The summed E-state index contributed by atoms with van der Waals surface area (Å²) in [7, 11) is -4.17. The molecule has 180 valence electrons. The Kier molecular flexibility index (Phi) is 7.74. The van der Waals surface area contributed by atoms with E-state index in [1.165, 1.54) is 16.4 Å². The van der Waals surface area contributed by atoms with E-state index in [0.717, 1.165) is 27.8 Å². The lowest BCUT2D eigenvalue weighted by atomic mass is 10.0. The molecule has 35 heavy (non-hydrogen) atoms. The summed E-state index contributed by atoms with van der Waals surface area (Å²) in [6.07, 6.45) is 0. The van der Waals surface area contributed by atoms with Gasteiger partial charge < -0.3 is 5.11 Å². The number of benzene rings is 4. The third kappa shape index (κ3) is 6.00. The normalized spacial score (nSPS) is 11.7. The standard InChI is InChI=1S/C27H22Cl3NO3S/c1-18-5-7-19(8-6-18)16-31(35(33,34)26-15-24(29)14-25(30)27(26)32)17-20-3-2-4-22(13-20)21-9-11-23(28)12-10-21/h2-15,32H,16-17H2,1H3. The van der Waals surface area contributed by atoms with Crippen molar-refractivity contribution in [2.24, 2.45) is 0 Å². The van der Waals surface area contributed by atoms with Crippen LogP contribution in [0.15, 0.2) is 89.8 Å². The molecular weight excluding hydrogens is 525 g/mol. The van der Waals surface area contributed by atoms with Crippen LogP contribution in [0.1, 0.15) is 16.7 Å². The first kappa shape index (κ1) is 25.5. The number of sulfonamides is 1. The van der Waals surface area contributed by atoms with E-state index in [-0.39, 0.29) is 28.0 Å². The Morgan fingerprint density at radius 2 is 1.40 bits per heavy atom. The van der Waals surface area contributed by atoms with Crippen molar-refractivity contribution in [3.8, 4) is 16.9 Å². The molecule has 0 heterocycles. The van der Waals surface area contributed by atoms with Crippen molar-refractivity contribution in [3.63, 3.8) is 0 Å². The van der Waals surface area contributed by atoms with Crippen LogP contribution in [0.3, 0.4) is 0 Å². The van der Waals surface area contributed by atoms with Gasteiger partial charge in [-0.25, -0.2) is 8.42 Å². The lowest BCUT2D eigenvalue weighted by molar-refractivity contribution is 0.394. The number of hydrogen-bond donors (Lipinski definition) is 1. The maximum Gasteiger partial charge on any atom is 0.247 e. The minimum atomic E-state index is -4.17. The molecule has 4 aromatic rings. The summed E-state index contributed by atoms with van der Waals surface area (Å²) in [5, 5.41) is 11.1. The molecule has 0 aliphatic rings. The highest BCUT2D eigenvalue weighted by atomic mass is 35.5. The first-order valence-corrected chi connectivity index (χ1v) is 13.3. The maximum absolute atomic E-state index is 13.8. The van der Waals surface area contributed by atoms with Crippen molar-refractivity contribution in [2.45, 2.75) is 24.9 Å². The van der Waals surface area contributed by atoms with Crippen LogP contribution in [-0.2, 0) is 23.1 Å². The largest absolute Gasteiger partial charge is 0.505 e. The molecule has 4 aromatic carbocycles. The minimum Gasteiger partial charge on any atom is -0.505 e. The zero-order valence-electron chi connectivity index (χ0n) is 18.8. The predicted molar refractivity (Wildman–Crippen MR) is 143 cm³/mol. The second-order valence-corrected chi connectivity index (χ2v) is 11.4. The highest BCUT2D eigenvalue weighted by molar-refractivity contribution is 7.89. The van der Waals surface area contributed by atoms with E-state index in [2.05, 4.69) is 0 Å². The molecule has 0 atom stereocenters. The lowest BCUT2D eigenvalue weighted by Gasteiger charge is -2.24. The number of aryl methyl sites for hydroxylation is 1. The van der Waals surface area contributed by atoms with Gasteiger partial charge in [-0.05, 0) is 59.5 Å². The van der Waals surface area contributed by atoms with Crippen molar-refractivity contribution >= 4 is 44.8 Å². The predicted octanol–water partition coefficient (Wildman–Crippen LogP) is 7.72. The van der Waals surface area contributed by atoms with Crippen molar-refractivity contribution in [1.29, 1.82) is 0 Å². The second-order valence-electron chi connectivity index (χ2n) is 8.20. The number of aromatic hydroxyl groups is 1. The number of nitrogens with zero attached hydrogens (tertiary/aromatic N) is 1. The molecule has 0 aliphatic heterocycles. The number of phenolic OH excluding ortho intramolecular Hbond substituents is 1. The fourth-order valence-electron chi connectivity index (χ4n) is 3.70. The van der Waals surface area contributed by atoms with Crippen LogP contribution >= 0.6 is 34.8 Å². The smallest absolute Gasteiger partial charge is 0.247 e. The molecule has 0 unspecified atom stereocenters. The second kappa shape index (κ2) is 10.6. The average molecular weight is 547 g/mol. The molecule has 0 spiro atoms. The molecular formula is C27H22Cl3NO3S. The molecule has 0 amide bonds. The monoisotopic (exact) mass is 545 g/mol. The van der Waals surface area contributed by atoms with Gasteiger partial charge in [0, 0.05) is 23.1 Å². The Morgan fingerprint density at radius 3 is 2.09 bits per heavy atom. The van der Waals surface area contributed by atoms with Gasteiger partial charge >= 0.3 is 0 Å². The van der Waals surface area contributed by atoms with Crippen molar-refractivity contribution in [3.05, 3.63) is 117 Å². The van der Waals surface area contributed by atoms with E-state index in [1.54, 1.807) is 0 Å². The van der Waals surface area contributed by atoms with Crippen LogP contribution in [-0.4, -0.2) is 17.8 Å². The van der Waals surface area contributed by atoms with Gasteiger partial charge in [-0.2, -0.15) is 4.31 Å². The molecule has 0 aliphatic carbocycles. The van der Waals surface area contributed by atoms with E-state index in [0.29, 0.717) is 5.02 Å². The zero-order chi connectivity index (χ0) is 25.2. The summed E-state index contributed by atoms with van der Waals surface area (Å²) < 4.78 is 28.8. The highest BCUT2D eigenvalue weighted by Crippen LogP contribution is 2.36. The molecule has 0 saturated carbocycles. The third-order valence-electron chi connectivity index (χ3n) is 5.55. The van der Waals surface area contributed by atoms with Gasteiger partial charge in [0.05, 0.1) is 5.02 Å². The first-order valence-electron chi connectivity index (χ1n) is 10.7. The number of rotatable bonds is 7. The maximum atomic E-state index is 13.8. The summed E-state index contributed by atoms with van der Waals surface area (Å²) in [5.74, 6) is -0.528. The zero-order valence-corrected chi connectivity index (χ0v) is 21.8. The van der Waals surface area contributed by atoms with Gasteiger partial charge in [-0.1, -0.05) is 95.0 Å². The number of halogens is 3. The molecule has 8 heteroatoms. The van der Waals surface area contributed by atoms with Crippen molar-refractivity contribution in [2.75, 3.05) is 0 Å². The Morgan fingerprint density at radius 1 is 0.743 bits per heavy atom. The molecule has 0 fully saturated rings. The summed E-state index contributed by atoms with van der Waals surface area (Å²) in [6.45, 7) is 2.13. The highest BCUT2D eigenvalue weighted by Gasteiger charge is 2.29. The fraction of sp³-hybridized carbons (Fsp3) is 0.111. The minimum absolute atomic E-state index is 0.0706. The van der Waals surface area contributed by atoms with Crippen LogP contribution in [0.5, 0.6) is 5.75 Å². The van der Waals surface area contributed by atoms with Gasteiger partial charge in [0.2, 0.25) is 10.0 Å². The van der Waals surface area contributed by atoms with Crippen LogP contribution in [0, 0.1) is 6.92 Å². The van der Waals surface area contributed by atoms with Crippen LogP contribution in [0.4, 0.5) is 0 Å². The third-order valence-corrected chi connectivity index (χ3v) is 8.12. The summed E-state index contributed by atoms with van der Waals surface area (Å²) in [5.41, 5.74) is 4.54. The van der Waals surface area contributed by atoms with Gasteiger partial charge in [-0.3, -0.25) is 0 Å². The molecule has 4 nitrogen and oxygen atoms in total. The van der Waals surface area contributed by atoms with E-state index in [4.69, 9.17) is 34.8 Å². The van der Waals surface area contributed by atoms with E-state index < -0.39 is 15.8 Å². The summed E-state index contributed by atoms with van der Waals surface area (Å²) >= 11 is 18.1. The molecule has 0 saturated heterocycles. The first-order chi connectivity index (χ1) is 16.6. The Bertz CT molecular complexity index is 1450. The van der Waals surface area contributed by atoms with Crippen molar-refractivity contribution in [1.82, 2.24) is 4.31 Å². The van der Waals surface area contributed by atoms with E-state index in [1.807, 2.05) is 79.7 Å². The molecule has 0 bridgehead atoms. The molecule has 4 rings (SSSR count). The Balaban J connectivity index is 1.75. The van der Waals surface area contributed by atoms with E-state index >= 15 is 0 Å². The van der Waals surface area contributed by atoms with Crippen LogP contribution < -0.4 is 0 Å². The SMILES string of the molecule is Cc1ccc(CN(Cc2cccc(-c3ccc(Cl)cc3)c2)S(=O)(=O)c2cc(Cl)cc(Cl)c2O)cc1. The summed E-state index contributed by atoms with van der Waals surface area (Å²) in [6, 6.07) is 25.2. The van der Waals surface area contributed by atoms with Gasteiger partial charge in [-0.15, -0.1) is 0 Å². The molecule has 1 N–H and O–H groups in total. The molecule has 0 radical (unpaired) electrons. The van der Waals surface area contributed by atoms with Gasteiger partial charge in [0.1, 0.15) is 4.90 Å². The number of hydrogen-bond acceptors (Lipinski definition) is 3. The van der Waals surface area contributed by atoms with Crippen molar-refractivity contribution < 1.29 is 13.5 Å².